The molecule has 2 aliphatic carbocycles. The average Bonchev–Trinajstić information content (AvgIpc) is 2.98. The molecule has 18 heavy (non-hydrogen) atoms. The van der Waals surface area contributed by atoms with Crippen LogP contribution in [0.3, 0.4) is 0 Å². The van der Waals surface area contributed by atoms with E-state index in [9.17, 15) is 9.59 Å². The minimum atomic E-state index is 0.0288. The molecule has 0 radical (unpaired) electrons. The second-order valence-electron chi connectivity index (χ2n) is 4.25. The smallest absolute Gasteiger partial charge is 0.179 e. The number of benzene rings is 1. The van der Waals surface area contributed by atoms with E-state index in [4.69, 9.17) is 0 Å². The van der Waals surface area contributed by atoms with Crippen molar-refractivity contribution in [2.24, 2.45) is 0 Å². The molecule has 86 valence electrons. The molecule has 0 atom stereocenters. The number of hydrogen-bond donors (Lipinski definition) is 0. The lowest BCUT2D eigenvalue weighted by Crippen LogP contribution is -1.84. The summed E-state index contributed by atoms with van der Waals surface area (Å²) >= 11 is 0. The van der Waals surface area contributed by atoms with E-state index in [1.54, 1.807) is 24.3 Å². The first-order valence-corrected chi connectivity index (χ1v) is 5.71. The van der Waals surface area contributed by atoms with Gasteiger partial charge in [0.25, 0.3) is 0 Å². The summed E-state index contributed by atoms with van der Waals surface area (Å²) < 4.78 is 0. The van der Waals surface area contributed by atoms with E-state index < -0.39 is 0 Å². The van der Waals surface area contributed by atoms with Gasteiger partial charge in [0.15, 0.2) is 11.6 Å². The van der Waals surface area contributed by atoms with Gasteiger partial charge in [0, 0.05) is 0 Å². The summed E-state index contributed by atoms with van der Waals surface area (Å²) in [5, 5.41) is 0. The van der Waals surface area contributed by atoms with Gasteiger partial charge in [0.2, 0.25) is 0 Å². The number of carbonyl (C=O) groups excluding carboxylic acids is 2. The Bertz CT molecular complexity index is 594. The standard InChI is InChI=1S/C16H10O2/c17-15-7-5-13(9-15)11-1-2-12(4-3-11)14-6-8-16(18)10-14/h1-10H. The van der Waals surface area contributed by atoms with Crippen LogP contribution in [0, 0.1) is 0 Å². The average molecular weight is 234 g/mol. The van der Waals surface area contributed by atoms with E-state index >= 15 is 0 Å². The zero-order valence-corrected chi connectivity index (χ0v) is 9.59. The van der Waals surface area contributed by atoms with E-state index in [-0.39, 0.29) is 11.6 Å². The van der Waals surface area contributed by atoms with E-state index in [1.807, 2.05) is 36.4 Å². The molecule has 2 aliphatic rings. The maximum atomic E-state index is 11.1. The Kier molecular flexibility index (Phi) is 2.41. The molecule has 1 aromatic rings. The first kappa shape index (κ1) is 10.7. The number of allylic oxidation sites excluding steroid dienone is 8. The lowest BCUT2D eigenvalue weighted by atomic mass is 10.0. The van der Waals surface area contributed by atoms with Gasteiger partial charge in [-0.2, -0.15) is 0 Å². The van der Waals surface area contributed by atoms with Crippen LogP contribution in [0.25, 0.3) is 11.1 Å². The van der Waals surface area contributed by atoms with Gasteiger partial charge in [-0.3, -0.25) is 9.59 Å². The first-order valence-electron chi connectivity index (χ1n) is 5.71. The van der Waals surface area contributed by atoms with Crippen molar-refractivity contribution in [3.8, 4) is 0 Å². The van der Waals surface area contributed by atoms with Crippen LogP contribution in [0.4, 0.5) is 0 Å². The largest absolute Gasteiger partial charge is 0.290 e. The van der Waals surface area contributed by atoms with E-state index in [0.717, 1.165) is 22.3 Å². The molecule has 0 amide bonds. The van der Waals surface area contributed by atoms with Crippen molar-refractivity contribution < 1.29 is 9.59 Å². The Morgan fingerprint density at radius 2 is 0.944 bits per heavy atom. The lowest BCUT2D eigenvalue weighted by Gasteiger charge is -2.03. The van der Waals surface area contributed by atoms with Gasteiger partial charge in [-0.25, -0.2) is 0 Å². The summed E-state index contributed by atoms with van der Waals surface area (Å²) in [5.41, 5.74) is 3.88. The fourth-order valence-corrected chi connectivity index (χ4v) is 2.06. The predicted molar refractivity (Wildman–Crippen MR) is 70.7 cm³/mol. The summed E-state index contributed by atoms with van der Waals surface area (Å²) in [4.78, 5) is 22.2. The summed E-state index contributed by atoms with van der Waals surface area (Å²) in [6.45, 7) is 0. The van der Waals surface area contributed by atoms with Crippen molar-refractivity contribution >= 4 is 22.7 Å². The molecule has 0 heterocycles. The Morgan fingerprint density at radius 1 is 0.556 bits per heavy atom. The van der Waals surface area contributed by atoms with Gasteiger partial charge >= 0.3 is 0 Å². The minimum Gasteiger partial charge on any atom is -0.290 e. The van der Waals surface area contributed by atoms with Crippen LogP contribution in [-0.4, -0.2) is 11.6 Å². The molecule has 0 unspecified atom stereocenters. The zero-order valence-electron chi connectivity index (χ0n) is 9.59. The van der Waals surface area contributed by atoms with Crippen molar-refractivity contribution in [2.75, 3.05) is 0 Å². The van der Waals surface area contributed by atoms with Crippen LogP contribution in [0.2, 0.25) is 0 Å². The van der Waals surface area contributed by atoms with Crippen LogP contribution in [-0.2, 0) is 9.59 Å². The Morgan fingerprint density at radius 3 is 1.22 bits per heavy atom. The molecule has 2 heteroatoms. The Hall–Kier alpha value is -2.48. The van der Waals surface area contributed by atoms with Crippen molar-refractivity contribution in [3.63, 3.8) is 0 Å². The van der Waals surface area contributed by atoms with Crippen LogP contribution in [0.5, 0.6) is 0 Å². The van der Waals surface area contributed by atoms with Gasteiger partial charge < -0.3 is 0 Å². The maximum Gasteiger partial charge on any atom is 0.179 e. The molecule has 1 aromatic carbocycles. The van der Waals surface area contributed by atoms with Gasteiger partial charge in [-0.15, -0.1) is 0 Å². The highest BCUT2D eigenvalue weighted by Crippen LogP contribution is 2.24. The van der Waals surface area contributed by atoms with Gasteiger partial charge in [0.1, 0.15) is 0 Å². The highest BCUT2D eigenvalue weighted by molar-refractivity contribution is 6.12. The zero-order chi connectivity index (χ0) is 12.5. The molecule has 0 saturated carbocycles. The predicted octanol–water partition coefficient (Wildman–Crippen LogP) is 2.73. The number of rotatable bonds is 2. The number of hydrogen-bond acceptors (Lipinski definition) is 2. The topological polar surface area (TPSA) is 34.1 Å². The molecule has 0 spiro atoms. The van der Waals surface area contributed by atoms with E-state index in [2.05, 4.69) is 0 Å². The molecule has 0 aliphatic heterocycles. The van der Waals surface area contributed by atoms with Crippen LogP contribution >= 0.6 is 0 Å². The third-order valence-corrected chi connectivity index (χ3v) is 3.00. The Labute approximate surface area is 105 Å². The maximum absolute atomic E-state index is 11.1. The van der Waals surface area contributed by atoms with E-state index in [1.165, 1.54) is 0 Å². The number of carbonyl (C=O) groups is 2. The normalized spacial score (nSPS) is 17.3. The van der Waals surface area contributed by atoms with Crippen molar-refractivity contribution in [1.82, 2.24) is 0 Å². The second kappa shape index (κ2) is 4.08. The van der Waals surface area contributed by atoms with Gasteiger partial charge in [-0.1, -0.05) is 36.4 Å². The summed E-state index contributed by atoms with van der Waals surface area (Å²) in [5.74, 6) is 0.0576. The van der Waals surface area contributed by atoms with Crippen LogP contribution in [0.1, 0.15) is 11.1 Å². The number of ketones is 2. The van der Waals surface area contributed by atoms with Crippen LogP contribution < -0.4 is 0 Å². The first-order chi connectivity index (χ1) is 8.72. The lowest BCUT2D eigenvalue weighted by molar-refractivity contribution is -0.111. The molecule has 3 rings (SSSR count). The Balaban J connectivity index is 1.91. The van der Waals surface area contributed by atoms with Gasteiger partial charge in [0.05, 0.1) is 0 Å². The highest BCUT2D eigenvalue weighted by Gasteiger charge is 2.09. The quantitative estimate of drug-likeness (QED) is 0.788. The van der Waals surface area contributed by atoms with Crippen molar-refractivity contribution in [1.29, 1.82) is 0 Å². The third kappa shape index (κ3) is 1.89. The summed E-state index contributed by atoms with van der Waals surface area (Å²) in [6, 6.07) is 7.84. The molecule has 0 aromatic heterocycles. The molecular weight excluding hydrogens is 224 g/mol. The molecule has 0 bridgehead atoms. The van der Waals surface area contributed by atoms with Crippen molar-refractivity contribution in [2.45, 2.75) is 0 Å². The van der Waals surface area contributed by atoms with Crippen molar-refractivity contribution in [3.05, 3.63) is 71.8 Å². The third-order valence-electron chi connectivity index (χ3n) is 3.00. The molecule has 0 N–H and O–H groups in total. The summed E-state index contributed by atoms with van der Waals surface area (Å²) in [7, 11) is 0. The monoisotopic (exact) mass is 234 g/mol. The molecular formula is C16H10O2. The SMILES string of the molecule is O=C1C=CC(c2ccc(C3=CC(=O)C=C3)cc2)=C1. The fourth-order valence-electron chi connectivity index (χ4n) is 2.06. The fraction of sp³-hybridized carbons (Fsp3) is 0. The van der Waals surface area contributed by atoms with Crippen LogP contribution in [0.15, 0.2) is 60.7 Å². The van der Waals surface area contributed by atoms with Gasteiger partial charge in [-0.05, 0) is 46.6 Å². The molecule has 2 nitrogen and oxygen atoms in total. The highest BCUT2D eigenvalue weighted by atomic mass is 16.1. The second-order valence-corrected chi connectivity index (χ2v) is 4.25. The summed E-state index contributed by atoms with van der Waals surface area (Å²) in [6.07, 6.45) is 9.99. The molecule has 0 fully saturated rings. The van der Waals surface area contributed by atoms with E-state index in [0.29, 0.717) is 0 Å². The minimum absolute atomic E-state index is 0.0288. The molecule has 0 saturated heterocycles.